The number of rotatable bonds is 1. The Bertz CT molecular complexity index is 361. The second-order valence-corrected chi connectivity index (χ2v) is 3.21. The van der Waals surface area contributed by atoms with Crippen LogP contribution in [0, 0.1) is 6.92 Å². The van der Waals surface area contributed by atoms with Crippen LogP contribution in [0.4, 0.5) is 0 Å². The van der Waals surface area contributed by atoms with Crippen LogP contribution in [-0.4, -0.2) is 16.0 Å². The van der Waals surface area contributed by atoms with Gasteiger partial charge in [-0.1, -0.05) is 16.8 Å². The number of benzene rings is 1. The highest BCUT2D eigenvalue weighted by atomic mass is 35.5. The molecule has 3 nitrogen and oxygen atoms in total. The lowest BCUT2D eigenvalue weighted by atomic mass is 10.1. The lowest BCUT2D eigenvalue weighted by Gasteiger charge is -2.05. The predicted molar refractivity (Wildman–Crippen MR) is 51.9 cm³/mol. The molecule has 0 unspecified atom stereocenters. The maximum absolute atomic E-state index is 9.47. The van der Waals surface area contributed by atoms with Gasteiger partial charge in [0.25, 0.3) is 0 Å². The maximum atomic E-state index is 9.47. The number of nitrogens with zero attached hydrogens (tertiary/aromatic N) is 1. The summed E-state index contributed by atoms with van der Waals surface area (Å²) >= 11 is 5.84. The van der Waals surface area contributed by atoms with Gasteiger partial charge in [0.1, 0.15) is 5.75 Å². The van der Waals surface area contributed by atoms with E-state index in [2.05, 4.69) is 5.16 Å². The molecule has 1 aromatic rings. The zero-order chi connectivity index (χ0) is 10.0. The van der Waals surface area contributed by atoms with Crippen molar-refractivity contribution in [3.05, 3.63) is 28.3 Å². The molecule has 0 saturated carbocycles. The molecule has 0 aromatic heterocycles. The molecule has 1 aromatic carbocycles. The fraction of sp³-hybridized carbons (Fsp3) is 0.222. The van der Waals surface area contributed by atoms with Crippen LogP contribution in [0.3, 0.4) is 0 Å². The van der Waals surface area contributed by atoms with Gasteiger partial charge in [-0.05, 0) is 31.5 Å². The van der Waals surface area contributed by atoms with Gasteiger partial charge in [-0.2, -0.15) is 0 Å². The number of aromatic hydroxyl groups is 1. The molecule has 2 N–H and O–H groups in total. The first kappa shape index (κ1) is 9.86. The minimum Gasteiger partial charge on any atom is -0.507 e. The van der Waals surface area contributed by atoms with E-state index in [0.717, 1.165) is 5.56 Å². The van der Waals surface area contributed by atoms with E-state index < -0.39 is 0 Å². The first-order valence-corrected chi connectivity index (χ1v) is 4.12. The average molecular weight is 200 g/mol. The SMILES string of the molecule is CC(=NO)c1cc(Cl)c(C)cc1O. The van der Waals surface area contributed by atoms with Crippen molar-refractivity contribution >= 4 is 17.3 Å². The van der Waals surface area contributed by atoms with Crippen molar-refractivity contribution in [3.8, 4) is 5.75 Å². The molecular formula is C9H10ClNO2. The summed E-state index contributed by atoms with van der Waals surface area (Å²) in [5.41, 5.74) is 1.56. The van der Waals surface area contributed by atoms with Crippen molar-refractivity contribution in [2.45, 2.75) is 13.8 Å². The molecule has 13 heavy (non-hydrogen) atoms. The third kappa shape index (κ3) is 1.92. The summed E-state index contributed by atoms with van der Waals surface area (Å²) in [6.45, 7) is 3.37. The van der Waals surface area contributed by atoms with E-state index >= 15 is 0 Å². The predicted octanol–water partition coefficient (Wildman–Crippen LogP) is 2.55. The first-order valence-electron chi connectivity index (χ1n) is 3.74. The molecule has 4 heteroatoms. The van der Waals surface area contributed by atoms with Crippen molar-refractivity contribution in [3.63, 3.8) is 0 Å². The summed E-state index contributed by atoms with van der Waals surface area (Å²) < 4.78 is 0. The lowest BCUT2D eigenvalue weighted by molar-refractivity contribution is 0.318. The number of phenols is 1. The van der Waals surface area contributed by atoms with E-state index in [9.17, 15) is 5.11 Å². The summed E-state index contributed by atoms with van der Waals surface area (Å²) in [6.07, 6.45) is 0. The van der Waals surface area contributed by atoms with Crippen LogP contribution in [0.5, 0.6) is 5.75 Å². The molecule has 0 aliphatic carbocycles. The summed E-state index contributed by atoms with van der Waals surface area (Å²) in [4.78, 5) is 0. The average Bonchev–Trinajstić information content (AvgIpc) is 2.10. The van der Waals surface area contributed by atoms with Gasteiger partial charge < -0.3 is 10.3 Å². The molecule has 0 bridgehead atoms. The van der Waals surface area contributed by atoms with Gasteiger partial charge >= 0.3 is 0 Å². The van der Waals surface area contributed by atoms with E-state index in [1.165, 1.54) is 6.07 Å². The third-order valence-corrected chi connectivity index (χ3v) is 2.22. The van der Waals surface area contributed by atoms with Crippen LogP contribution in [0.15, 0.2) is 17.3 Å². The molecule has 0 aliphatic heterocycles. The van der Waals surface area contributed by atoms with Gasteiger partial charge in [0, 0.05) is 10.6 Å². The Balaban J connectivity index is 3.32. The standard InChI is InChI=1S/C9H10ClNO2/c1-5-3-9(12)7(4-8(5)10)6(2)11-13/h3-4,12-13H,1-2H3. The monoisotopic (exact) mass is 199 g/mol. The Hall–Kier alpha value is -1.22. The van der Waals surface area contributed by atoms with Crippen LogP contribution in [0.2, 0.25) is 5.02 Å². The Labute approximate surface area is 81.3 Å². The fourth-order valence-corrected chi connectivity index (χ4v) is 1.17. The molecule has 0 fully saturated rings. The zero-order valence-electron chi connectivity index (χ0n) is 7.37. The molecular weight excluding hydrogens is 190 g/mol. The molecule has 0 aliphatic rings. The van der Waals surface area contributed by atoms with Crippen LogP contribution in [-0.2, 0) is 0 Å². The number of oxime groups is 1. The molecule has 0 spiro atoms. The van der Waals surface area contributed by atoms with Crippen molar-refractivity contribution in [1.29, 1.82) is 0 Å². The van der Waals surface area contributed by atoms with E-state index in [-0.39, 0.29) is 5.75 Å². The Morgan fingerprint density at radius 2 is 2.08 bits per heavy atom. The van der Waals surface area contributed by atoms with Crippen LogP contribution in [0.25, 0.3) is 0 Å². The van der Waals surface area contributed by atoms with Gasteiger partial charge in [-0.15, -0.1) is 0 Å². The minimum atomic E-state index is 0.0669. The van der Waals surface area contributed by atoms with Gasteiger partial charge in [-0.25, -0.2) is 0 Å². The van der Waals surface area contributed by atoms with Crippen LogP contribution in [0.1, 0.15) is 18.1 Å². The molecule has 0 radical (unpaired) electrons. The van der Waals surface area contributed by atoms with Gasteiger partial charge in [0.2, 0.25) is 0 Å². The number of aryl methyl sites for hydroxylation is 1. The van der Waals surface area contributed by atoms with Gasteiger partial charge in [0.05, 0.1) is 5.71 Å². The van der Waals surface area contributed by atoms with Crippen molar-refractivity contribution in [1.82, 2.24) is 0 Å². The van der Waals surface area contributed by atoms with E-state index in [4.69, 9.17) is 16.8 Å². The zero-order valence-corrected chi connectivity index (χ0v) is 8.13. The Morgan fingerprint density at radius 1 is 1.46 bits per heavy atom. The van der Waals surface area contributed by atoms with Gasteiger partial charge in [0.15, 0.2) is 0 Å². The summed E-state index contributed by atoms with van der Waals surface area (Å²) in [5, 5.41) is 21.5. The highest BCUT2D eigenvalue weighted by molar-refractivity contribution is 6.31. The summed E-state index contributed by atoms with van der Waals surface area (Å²) in [7, 11) is 0. The van der Waals surface area contributed by atoms with Crippen molar-refractivity contribution in [2.75, 3.05) is 0 Å². The second-order valence-electron chi connectivity index (χ2n) is 2.80. The third-order valence-electron chi connectivity index (χ3n) is 1.82. The van der Waals surface area contributed by atoms with Crippen LogP contribution >= 0.6 is 11.6 Å². The molecule has 70 valence electrons. The topological polar surface area (TPSA) is 52.8 Å². The van der Waals surface area contributed by atoms with E-state index in [0.29, 0.717) is 16.3 Å². The number of hydrogen-bond acceptors (Lipinski definition) is 3. The second kappa shape index (κ2) is 3.66. The summed E-state index contributed by atoms with van der Waals surface area (Å²) in [6, 6.07) is 3.10. The van der Waals surface area contributed by atoms with E-state index in [1.807, 2.05) is 0 Å². The minimum absolute atomic E-state index is 0.0669. The maximum Gasteiger partial charge on any atom is 0.125 e. The molecule has 0 heterocycles. The molecule has 1 rings (SSSR count). The number of halogens is 1. The fourth-order valence-electron chi connectivity index (χ4n) is 1.01. The van der Waals surface area contributed by atoms with Crippen LogP contribution < -0.4 is 0 Å². The quantitative estimate of drug-likeness (QED) is 0.415. The Kier molecular flexibility index (Phi) is 2.78. The Morgan fingerprint density at radius 3 is 2.62 bits per heavy atom. The molecule has 0 amide bonds. The largest absolute Gasteiger partial charge is 0.507 e. The van der Waals surface area contributed by atoms with E-state index in [1.54, 1.807) is 19.9 Å². The smallest absolute Gasteiger partial charge is 0.125 e. The van der Waals surface area contributed by atoms with Crippen molar-refractivity contribution < 1.29 is 10.3 Å². The molecule has 0 saturated heterocycles. The highest BCUT2D eigenvalue weighted by Crippen LogP contribution is 2.25. The molecule has 0 atom stereocenters. The first-order chi connectivity index (χ1) is 6.06. The number of hydrogen-bond donors (Lipinski definition) is 2. The summed E-state index contributed by atoms with van der Waals surface area (Å²) in [5.74, 6) is 0.0669. The highest BCUT2D eigenvalue weighted by Gasteiger charge is 2.07. The van der Waals surface area contributed by atoms with Crippen molar-refractivity contribution in [2.24, 2.45) is 5.16 Å². The number of phenolic OH excluding ortho intramolecular Hbond substituents is 1. The normalized spacial score (nSPS) is 11.8. The lowest BCUT2D eigenvalue weighted by Crippen LogP contribution is -1.95. The van der Waals surface area contributed by atoms with Gasteiger partial charge in [-0.3, -0.25) is 0 Å².